The maximum Gasteiger partial charge on any atom is 0.163 e. The van der Waals surface area contributed by atoms with Crippen LogP contribution in [0.4, 0.5) is 0 Å². The van der Waals surface area contributed by atoms with E-state index >= 15 is 0 Å². The van der Waals surface area contributed by atoms with Gasteiger partial charge < -0.3 is 19.3 Å². The molecule has 0 amide bonds. The third kappa shape index (κ3) is 4.07. The molecule has 0 unspecified atom stereocenters. The van der Waals surface area contributed by atoms with Crippen molar-refractivity contribution in [3.05, 3.63) is 35.9 Å². The molecule has 1 aliphatic heterocycles. The van der Waals surface area contributed by atoms with E-state index in [0.29, 0.717) is 19.6 Å². The maximum atomic E-state index is 10.7. The first-order chi connectivity index (χ1) is 10.9. The largest absolute Gasteiger partial charge is 0.390 e. The van der Waals surface area contributed by atoms with Crippen molar-refractivity contribution >= 4 is 22.6 Å². The lowest BCUT2D eigenvalue weighted by Crippen LogP contribution is -2.53. The first-order valence-electron chi connectivity index (χ1n) is 8.17. The summed E-state index contributed by atoms with van der Waals surface area (Å²) in [6.07, 6.45) is 0.832. The second kappa shape index (κ2) is 6.96. The Balaban J connectivity index is 1.70. The Morgan fingerprint density at radius 3 is 2.61 bits per heavy atom. The Hall–Kier alpha value is -0.210. The van der Waals surface area contributed by atoms with Crippen molar-refractivity contribution in [3.8, 4) is 0 Å². The van der Waals surface area contributed by atoms with Crippen molar-refractivity contribution in [2.75, 3.05) is 11.0 Å². The van der Waals surface area contributed by atoms with Crippen LogP contribution in [0.2, 0.25) is 0 Å². The van der Waals surface area contributed by atoms with Crippen molar-refractivity contribution in [3.63, 3.8) is 0 Å². The highest BCUT2D eigenvalue weighted by atomic mass is 127. The molecule has 4 atom stereocenters. The molecular formula is C18H25IO4. The fraction of sp³-hybridized carbons (Fsp3) is 0.667. The quantitative estimate of drug-likeness (QED) is 0.586. The summed E-state index contributed by atoms with van der Waals surface area (Å²) < 4.78 is 19.0. The number of aliphatic hydroxyl groups is 1. The summed E-state index contributed by atoms with van der Waals surface area (Å²) in [7, 11) is 0. The molecule has 23 heavy (non-hydrogen) atoms. The van der Waals surface area contributed by atoms with Crippen LogP contribution in [0, 0.1) is 5.92 Å². The Morgan fingerprint density at radius 1 is 1.26 bits per heavy atom. The van der Waals surface area contributed by atoms with E-state index < -0.39 is 11.9 Å². The number of hydrogen-bond donors (Lipinski definition) is 1. The van der Waals surface area contributed by atoms with Crippen LogP contribution in [0.15, 0.2) is 30.3 Å². The standard InChI is InChI=1S/C18H25IO4/c1-17(2)22-12-18(23-17)8-14(10-19)16(20)15(9-18)21-11-13-6-4-3-5-7-13/h3-7,14-16,20H,8-12H2,1-2H3/t14-,15-,16-,18+/m1/s1. The average molecular weight is 432 g/mol. The minimum Gasteiger partial charge on any atom is -0.390 e. The smallest absolute Gasteiger partial charge is 0.163 e. The van der Waals surface area contributed by atoms with Gasteiger partial charge in [0.05, 0.1) is 31.0 Å². The van der Waals surface area contributed by atoms with Crippen LogP contribution in [0.25, 0.3) is 0 Å². The highest BCUT2D eigenvalue weighted by Gasteiger charge is 2.53. The van der Waals surface area contributed by atoms with E-state index in [9.17, 15) is 5.11 Å². The van der Waals surface area contributed by atoms with E-state index in [4.69, 9.17) is 14.2 Å². The summed E-state index contributed by atoms with van der Waals surface area (Å²) in [4.78, 5) is 0. The summed E-state index contributed by atoms with van der Waals surface area (Å²) in [5.74, 6) is -0.384. The number of hydrogen-bond acceptors (Lipinski definition) is 4. The van der Waals surface area contributed by atoms with Gasteiger partial charge in [0.1, 0.15) is 0 Å². The third-order valence-corrected chi connectivity index (χ3v) is 5.85. The fourth-order valence-electron chi connectivity index (χ4n) is 3.64. The molecule has 1 aliphatic carbocycles. The van der Waals surface area contributed by atoms with Gasteiger partial charge in [-0.25, -0.2) is 0 Å². The van der Waals surface area contributed by atoms with E-state index in [2.05, 4.69) is 22.6 Å². The second-order valence-corrected chi connectivity index (χ2v) is 8.00. The minimum atomic E-state index is -0.553. The van der Waals surface area contributed by atoms with Crippen LogP contribution in [0.3, 0.4) is 0 Å². The molecule has 1 heterocycles. The van der Waals surface area contributed by atoms with E-state index in [1.807, 2.05) is 44.2 Å². The third-order valence-electron chi connectivity index (χ3n) is 4.72. The van der Waals surface area contributed by atoms with Crippen LogP contribution in [-0.2, 0) is 20.8 Å². The van der Waals surface area contributed by atoms with Gasteiger partial charge in [0.15, 0.2) is 5.79 Å². The highest BCUT2D eigenvalue weighted by Crippen LogP contribution is 2.44. The van der Waals surface area contributed by atoms with E-state index in [1.54, 1.807) is 0 Å². The lowest BCUT2D eigenvalue weighted by Gasteiger charge is -2.43. The van der Waals surface area contributed by atoms with E-state index in [-0.39, 0.29) is 17.6 Å². The summed E-state index contributed by atoms with van der Waals surface area (Å²) in [5.41, 5.74) is 0.786. The Morgan fingerprint density at radius 2 is 2.00 bits per heavy atom. The van der Waals surface area contributed by atoms with Crippen molar-refractivity contribution in [2.45, 2.75) is 56.9 Å². The van der Waals surface area contributed by atoms with Gasteiger partial charge >= 0.3 is 0 Å². The zero-order valence-electron chi connectivity index (χ0n) is 13.7. The lowest BCUT2D eigenvalue weighted by molar-refractivity contribution is -0.199. The monoisotopic (exact) mass is 432 g/mol. The van der Waals surface area contributed by atoms with Crippen LogP contribution in [0.5, 0.6) is 0 Å². The Labute approximate surface area is 151 Å². The number of ether oxygens (including phenoxy) is 3. The first kappa shape index (κ1) is 17.6. The van der Waals surface area contributed by atoms with Crippen LogP contribution >= 0.6 is 22.6 Å². The highest BCUT2D eigenvalue weighted by molar-refractivity contribution is 14.1. The molecule has 4 nitrogen and oxygen atoms in total. The molecule has 1 aromatic rings. The zero-order valence-corrected chi connectivity index (χ0v) is 15.9. The molecule has 1 spiro atoms. The van der Waals surface area contributed by atoms with Crippen LogP contribution < -0.4 is 0 Å². The normalized spacial score (nSPS) is 36.4. The number of alkyl halides is 1. The predicted molar refractivity (Wildman–Crippen MR) is 96.5 cm³/mol. The van der Waals surface area contributed by atoms with Crippen LogP contribution in [0.1, 0.15) is 32.3 Å². The van der Waals surface area contributed by atoms with Gasteiger partial charge in [0.2, 0.25) is 0 Å². The fourth-order valence-corrected chi connectivity index (χ4v) is 4.47. The molecule has 0 aromatic heterocycles. The molecule has 1 saturated carbocycles. The molecule has 1 saturated heterocycles. The van der Waals surface area contributed by atoms with Crippen molar-refractivity contribution in [2.24, 2.45) is 5.92 Å². The molecule has 2 fully saturated rings. The summed E-state index contributed by atoms with van der Waals surface area (Å²) in [6.45, 7) is 4.99. The van der Waals surface area contributed by atoms with Crippen LogP contribution in [-0.4, -0.2) is 39.7 Å². The van der Waals surface area contributed by atoms with E-state index in [0.717, 1.165) is 16.4 Å². The molecule has 3 rings (SSSR count). The molecule has 2 aliphatic rings. The molecule has 5 heteroatoms. The van der Waals surface area contributed by atoms with Gasteiger partial charge in [0.25, 0.3) is 0 Å². The number of halogens is 1. The van der Waals surface area contributed by atoms with Crippen molar-refractivity contribution in [1.82, 2.24) is 0 Å². The second-order valence-electron chi connectivity index (χ2n) is 7.12. The SMILES string of the molecule is CC1(C)OC[C@@]2(C[C@H](CI)[C@@H](O)[C@H](OCc3ccccc3)C2)O1. The van der Waals surface area contributed by atoms with Crippen molar-refractivity contribution < 1.29 is 19.3 Å². The molecule has 1 aromatic carbocycles. The first-order valence-corrected chi connectivity index (χ1v) is 9.69. The zero-order chi connectivity index (χ0) is 16.5. The lowest BCUT2D eigenvalue weighted by atomic mass is 9.75. The number of benzene rings is 1. The number of aliphatic hydroxyl groups excluding tert-OH is 1. The summed E-state index contributed by atoms with van der Waals surface area (Å²) in [6, 6.07) is 10.1. The van der Waals surface area contributed by atoms with Gasteiger partial charge in [-0.05, 0) is 31.7 Å². The summed E-state index contributed by atoms with van der Waals surface area (Å²) >= 11 is 2.34. The molecule has 1 N–H and O–H groups in total. The molecular weight excluding hydrogens is 407 g/mol. The van der Waals surface area contributed by atoms with Crippen molar-refractivity contribution in [1.29, 1.82) is 0 Å². The average Bonchev–Trinajstić information content (AvgIpc) is 2.84. The van der Waals surface area contributed by atoms with Gasteiger partial charge in [-0.2, -0.15) is 0 Å². The number of rotatable bonds is 4. The van der Waals surface area contributed by atoms with Gasteiger partial charge in [-0.15, -0.1) is 0 Å². The van der Waals surface area contributed by atoms with Gasteiger partial charge in [-0.3, -0.25) is 0 Å². The van der Waals surface area contributed by atoms with Gasteiger partial charge in [0, 0.05) is 10.8 Å². The topological polar surface area (TPSA) is 47.9 Å². The molecule has 128 valence electrons. The van der Waals surface area contributed by atoms with E-state index in [1.165, 1.54) is 0 Å². The predicted octanol–water partition coefficient (Wildman–Crippen LogP) is 3.30. The Kier molecular flexibility index (Phi) is 5.33. The minimum absolute atomic E-state index is 0.169. The summed E-state index contributed by atoms with van der Waals surface area (Å²) in [5, 5.41) is 10.7. The Bertz CT molecular complexity index is 521. The maximum absolute atomic E-state index is 10.7. The van der Waals surface area contributed by atoms with Gasteiger partial charge in [-0.1, -0.05) is 52.9 Å². The molecule has 0 bridgehead atoms. The molecule has 0 radical (unpaired) electrons.